The summed E-state index contributed by atoms with van der Waals surface area (Å²) >= 11 is 1.74. The first kappa shape index (κ1) is 16.5. The lowest BCUT2D eigenvalue weighted by atomic mass is 10.2. The first-order valence-electron chi connectivity index (χ1n) is 8.96. The molecule has 0 bridgehead atoms. The highest BCUT2D eigenvalue weighted by Crippen LogP contribution is 2.37. The molecule has 2 N–H and O–H groups in total. The van der Waals surface area contributed by atoms with Gasteiger partial charge in [-0.3, -0.25) is 4.99 Å². The quantitative estimate of drug-likeness (QED) is 0.848. The summed E-state index contributed by atoms with van der Waals surface area (Å²) in [6, 6.07) is 6.98. The normalized spacial score (nSPS) is 18.4. The number of aliphatic imine (C=N–C) groups is 1. The first-order chi connectivity index (χ1) is 12.2. The lowest BCUT2D eigenvalue weighted by molar-refractivity contribution is 0.349. The van der Waals surface area contributed by atoms with Gasteiger partial charge in [0.1, 0.15) is 16.7 Å². The fourth-order valence-corrected chi connectivity index (χ4v) is 4.38. The van der Waals surface area contributed by atoms with E-state index in [1.807, 2.05) is 0 Å². The third kappa shape index (κ3) is 3.55. The molecule has 0 radical (unpaired) electrons. The number of halogens is 1. The molecule has 4 nitrogen and oxygen atoms in total. The zero-order chi connectivity index (χ0) is 17.2. The van der Waals surface area contributed by atoms with Crippen LogP contribution in [-0.4, -0.2) is 36.9 Å². The molecule has 25 heavy (non-hydrogen) atoms. The Morgan fingerprint density at radius 3 is 2.80 bits per heavy atom. The van der Waals surface area contributed by atoms with E-state index in [-0.39, 0.29) is 5.82 Å². The SMILES string of the molecule is CCc1cc2c(s1)Nc1ccc(F)cc1NC2=NCCN1CCCC1. The second-order valence-electron chi connectivity index (χ2n) is 6.53. The Bertz CT molecular complexity index is 793. The molecular weight excluding hydrogens is 335 g/mol. The average molecular weight is 358 g/mol. The van der Waals surface area contributed by atoms with Crippen molar-refractivity contribution in [1.29, 1.82) is 0 Å². The van der Waals surface area contributed by atoms with Gasteiger partial charge in [-0.1, -0.05) is 6.92 Å². The monoisotopic (exact) mass is 358 g/mol. The maximum Gasteiger partial charge on any atom is 0.135 e. The number of likely N-dealkylation sites (tertiary alicyclic amines) is 1. The molecule has 3 heterocycles. The van der Waals surface area contributed by atoms with Crippen molar-refractivity contribution in [1.82, 2.24) is 4.90 Å². The minimum absolute atomic E-state index is 0.246. The summed E-state index contributed by atoms with van der Waals surface area (Å²) < 4.78 is 13.7. The van der Waals surface area contributed by atoms with Crippen molar-refractivity contribution in [2.45, 2.75) is 26.2 Å². The van der Waals surface area contributed by atoms with Crippen LogP contribution in [0.25, 0.3) is 0 Å². The molecule has 0 saturated carbocycles. The van der Waals surface area contributed by atoms with E-state index >= 15 is 0 Å². The fraction of sp³-hybridized carbons (Fsp3) is 0.421. The van der Waals surface area contributed by atoms with Gasteiger partial charge in [0.25, 0.3) is 0 Å². The zero-order valence-electron chi connectivity index (χ0n) is 14.4. The fourth-order valence-electron chi connectivity index (χ4n) is 3.37. The van der Waals surface area contributed by atoms with E-state index in [0.717, 1.165) is 47.3 Å². The van der Waals surface area contributed by atoms with Crippen molar-refractivity contribution < 1.29 is 4.39 Å². The predicted molar refractivity (Wildman–Crippen MR) is 104 cm³/mol. The Morgan fingerprint density at radius 2 is 2.00 bits per heavy atom. The summed E-state index contributed by atoms with van der Waals surface area (Å²) in [6.45, 7) is 6.25. The molecule has 0 aliphatic carbocycles. The molecule has 2 aliphatic heterocycles. The summed E-state index contributed by atoms with van der Waals surface area (Å²) in [4.78, 5) is 8.61. The van der Waals surface area contributed by atoms with Gasteiger partial charge in [-0.15, -0.1) is 11.3 Å². The van der Waals surface area contributed by atoms with Crippen LogP contribution in [0.15, 0.2) is 29.3 Å². The van der Waals surface area contributed by atoms with E-state index in [0.29, 0.717) is 0 Å². The van der Waals surface area contributed by atoms with Crippen LogP contribution in [-0.2, 0) is 6.42 Å². The van der Waals surface area contributed by atoms with Crippen LogP contribution < -0.4 is 10.6 Å². The average Bonchev–Trinajstić information content (AvgIpc) is 3.23. The van der Waals surface area contributed by atoms with Gasteiger partial charge in [0.05, 0.1) is 23.5 Å². The summed E-state index contributed by atoms with van der Waals surface area (Å²) in [6.07, 6.45) is 3.58. The molecule has 0 spiro atoms. The van der Waals surface area contributed by atoms with Crippen molar-refractivity contribution in [2.75, 3.05) is 36.8 Å². The largest absolute Gasteiger partial charge is 0.345 e. The van der Waals surface area contributed by atoms with Crippen LogP contribution in [0, 0.1) is 5.82 Å². The maximum absolute atomic E-state index is 13.7. The Kier molecular flexibility index (Phi) is 4.72. The van der Waals surface area contributed by atoms with Crippen molar-refractivity contribution in [3.05, 3.63) is 40.5 Å². The zero-order valence-corrected chi connectivity index (χ0v) is 15.3. The smallest absolute Gasteiger partial charge is 0.135 e. The number of hydrogen-bond acceptors (Lipinski definition) is 4. The highest BCUT2D eigenvalue weighted by molar-refractivity contribution is 7.16. The second kappa shape index (κ2) is 7.14. The van der Waals surface area contributed by atoms with Gasteiger partial charge in [-0.2, -0.15) is 0 Å². The van der Waals surface area contributed by atoms with E-state index in [9.17, 15) is 4.39 Å². The number of thiophene rings is 1. The summed E-state index contributed by atoms with van der Waals surface area (Å²) in [5, 5.41) is 7.88. The Balaban J connectivity index is 1.64. The van der Waals surface area contributed by atoms with Gasteiger partial charge in [0.15, 0.2) is 0 Å². The van der Waals surface area contributed by atoms with Gasteiger partial charge in [0.2, 0.25) is 0 Å². The maximum atomic E-state index is 13.7. The van der Waals surface area contributed by atoms with Crippen LogP contribution in [0.5, 0.6) is 0 Å². The topological polar surface area (TPSA) is 39.7 Å². The molecule has 6 heteroatoms. The molecule has 132 valence electrons. The second-order valence-corrected chi connectivity index (χ2v) is 7.66. The number of rotatable bonds is 4. The number of anilines is 3. The predicted octanol–water partition coefficient (Wildman–Crippen LogP) is 4.46. The van der Waals surface area contributed by atoms with Crippen LogP contribution in [0.2, 0.25) is 0 Å². The lowest BCUT2D eigenvalue weighted by Gasteiger charge is -2.13. The van der Waals surface area contributed by atoms with Crippen LogP contribution in [0.3, 0.4) is 0 Å². The third-order valence-corrected chi connectivity index (χ3v) is 5.95. The molecule has 2 aromatic rings. The van der Waals surface area contributed by atoms with Gasteiger partial charge >= 0.3 is 0 Å². The van der Waals surface area contributed by atoms with Crippen molar-refractivity contribution in [3.8, 4) is 0 Å². The molecule has 2 aliphatic rings. The minimum Gasteiger partial charge on any atom is -0.345 e. The molecule has 0 unspecified atom stereocenters. The molecule has 1 aromatic carbocycles. The molecule has 0 amide bonds. The molecule has 1 fully saturated rings. The lowest BCUT2D eigenvalue weighted by Crippen LogP contribution is -2.23. The molecule has 1 saturated heterocycles. The van der Waals surface area contributed by atoms with Crippen LogP contribution in [0.1, 0.15) is 30.2 Å². The number of fused-ring (bicyclic) bond motifs is 2. The molecule has 4 rings (SSSR count). The van der Waals surface area contributed by atoms with Crippen LogP contribution in [0.4, 0.5) is 20.8 Å². The standard InChI is InChI=1S/C19H23FN4S/c1-2-14-12-15-18(21-7-10-24-8-3-4-9-24)22-17-11-13(20)5-6-16(17)23-19(15)25-14/h5-6,11-12,23H,2-4,7-10H2,1H3,(H,21,22). The third-order valence-electron chi connectivity index (χ3n) is 4.75. The molecule has 0 atom stereocenters. The number of hydrogen-bond donors (Lipinski definition) is 2. The van der Waals surface area contributed by atoms with E-state index in [2.05, 4.69) is 28.5 Å². The van der Waals surface area contributed by atoms with Gasteiger partial charge in [-0.25, -0.2) is 4.39 Å². The van der Waals surface area contributed by atoms with E-state index in [1.165, 1.54) is 42.9 Å². The van der Waals surface area contributed by atoms with E-state index in [4.69, 9.17) is 4.99 Å². The molecular formula is C19H23FN4S. The highest BCUT2D eigenvalue weighted by Gasteiger charge is 2.21. The minimum atomic E-state index is -0.246. The summed E-state index contributed by atoms with van der Waals surface area (Å²) in [7, 11) is 0. The van der Waals surface area contributed by atoms with Crippen molar-refractivity contribution >= 4 is 33.5 Å². The number of nitrogens with one attached hydrogen (secondary N) is 2. The number of nitrogens with zero attached hydrogens (tertiary/aromatic N) is 2. The molecule has 1 aromatic heterocycles. The van der Waals surface area contributed by atoms with Crippen molar-refractivity contribution in [3.63, 3.8) is 0 Å². The number of benzene rings is 1. The number of aryl methyl sites for hydroxylation is 1. The summed E-state index contributed by atoms with van der Waals surface area (Å²) in [5.74, 6) is 0.589. The number of amidine groups is 1. The Morgan fingerprint density at radius 1 is 1.16 bits per heavy atom. The van der Waals surface area contributed by atoms with Crippen molar-refractivity contribution in [2.24, 2.45) is 4.99 Å². The van der Waals surface area contributed by atoms with E-state index in [1.54, 1.807) is 17.4 Å². The Hall–Kier alpha value is -1.92. The van der Waals surface area contributed by atoms with Gasteiger partial charge in [0, 0.05) is 11.4 Å². The highest BCUT2D eigenvalue weighted by atomic mass is 32.1. The Labute approximate surface area is 151 Å². The van der Waals surface area contributed by atoms with Gasteiger partial charge in [-0.05, 0) is 56.6 Å². The summed E-state index contributed by atoms with van der Waals surface area (Å²) in [5.41, 5.74) is 2.71. The van der Waals surface area contributed by atoms with Gasteiger partial charge < -0.3 is 15.5 Å². The first-order valence-corrected chi connectivity index (χ1v) is 9.78. The van der Waals surface area contributed by atoms with Crippen LogP contribution >= 0.6 is 11.3 Å². The van der Waals surface area contributed by atoms with E-state index < -0.39 is 0 Å².